The first kappa shape index (κ1) is 23.1. The van der Waals surface area contributed by atoms with Crippen molar-refractivity contribution in [1.82, 2.24) is 25.5 Å². The van der Waals surface area contributed by atoms with Gasteiger partial charge in [-0.05, 0) is 51.2 Å². The van der Waals surface area contributed by atoms with E-state index in [0.29, 0.717) is 23.7 Å². The summed E-state index contributed by atoms with van der Waals surface area (Å²) in [5.74, 6) is -2.07. The van der Waals surface area contributed by atoms with Gasteiger partial charge in [-0.3, -0.25) is 25.3 Å². The van der Waals surface area contributed by atoms with Gasteiger partial charge in [-0.25, -0.2) is 13.5 Å². The molecule has 0 atom stereocenters. The van der Waals surface area contributed by atoms with E-state index in [0.717, 1.165) is 25.2 Å². The van der Waals surface area contributed by atoms with Gasteiger partial charge in [-0.15, -0.1) is 0 Å². The molecule has 3 aromatic rings. The molecule has 1 aromatic carbocycles. The van der Waals surface area contributed by atoms with Crippen LogP contribution in [0.25, 0.3) is 5.69 Å². The standard InChI is InChI=1S/C22H25F2N5O3/c1-5-28(6-2)12-16-8-10-19(32-16)21(30)25-26-22(31)20-13(3)27-29(14(20)4)18-9-7-15(23)11-17(18)24/h7-11H,5-6,12H2,1-4H3,(H,25,30)(H,26,31). The Hall–Kier alpha value is -3.53. The molecule has 3 rings (SSSR count). The summed E-state index contributed by atoms with van der Waals surface area (Å²) in [5.41, 5.74) is 5.45. The number of rotatable bonds is 7. The maximum Gasteiger partial charge on any atom is 0.305 e. The molecule has 170 valence electrons. The molecule has 2 N–H and O–H groups in total. The molecule has 0 spiro atoms. The average molecular weight is 445 g/mol. The number of amides is 2. The zero-order chi connectivity index (χ0) is 23.4. The monoisotopic (exact) mass is 445 g/mol. The smallest absolute Gasteiger partial charge is 0.305 e. The molecule has 0 fully saturated rings. The van der Waals surface area contributed by atoms with E-state index in [1.165, 1.54) is 16.8 Å². The number of nitrogens with one attached hydrogen (secondary N) is 2. The maximum atomic E-state index is 14.2. The van der Waals surface area contributed by atoms with Crippen molar-refractivity contribution in [1.29, 1.82) is 0 Å². The number of carbonyl (C=O) groups is 2. The van der Waals surface area contributed by atoms with Crippen molar-refractivity contribution in [3.63, 3.8) is 0 Å². The summed E-state index contributed by atoms with van der Waals surface area (Å²) < 4.78 is 34.1. The third-order valence-electron chi connectivity index (χ3n) is 5.11. The minimum atomic E-state index is -0.811. The molecular formula is C22H25F2N5O3. The fourth-order valence-electron chi connectivity index (χ4n) is 3.35. The van der Waals surface area contributed by atoms with Crippen LogP contribution in [0.1, 0.15) is 51.9 Å². The zero-order valence-electron chi connectivity index (χ0n) is 18.3. The Kier molecular flexibility index (Phi) is 7.04. The van der Waals surface area contributed by atoms with Crippen molar-refractivity contribution in [3.05, 3.63) is 70.4 Å². The number of aromatic nitrogens is 2. The van der Waals surface area contributed by atoms with Gasteiger partial charge in [-0.2, -0.15) is 5.10 Å². The van der Waals surface area contributed by atoms with Crippen molar-refractivity contribution in [2.75, 3.05) is 13.1 Å². The van der Waals surface area contributed by atoms with Crippen LogP contribution in [-0.4, -0.2) is 39.6 Å². The molecule has 0 aliphatic rings. The molecule has 2 aromatic heterocycles. The lowest BCUT2D eigenvalue weighted by Crippen LogP contribution is -2.41. The molecule has 0 aliphatic carbocycles. The normalized spacial score (nSPS) is 11.1. The Bertz CT molecular complexity index is 1130. The average Bonchev–Trinajstić information content (AvgIpc) is 3.34. The first-order valence-corrected chi connectivity index (χ1v) is 10.2. The lowest BCUT2D eigenvalue weighted by molar-refractivity contribution is 0.0828. The van der Waals surface area contributed by atoms with Crippen LogP contribution in [0.4, 0.5) is 8.78 Å². The number of hydrazine groups is 1. The number of aryl methyl sites for hydroxylation is 1. The van der Waals surface area contributed by atoms with Gasteiger partial charge in [-0.1, -0.05) is 13.8 Å². The highest BCUT2D eigenvalue weighted by atomic mass is 19.1. The summed E-state index contributed by atoms with van der Waals surface area (Å²) in [6, 6.07) is 6.33. The molecule has 2 amide bonds. The van der Waals surface area contributed by atoms with E-state index in [4.69, 9.17) is 4.42 Å². The van der Waals surface area contributed by atoms with Crippen LogP contribution in [0, 0.1) is 25.5 Å². The quantitative estimate of drug-likeness (QED) is 0.545. The second kappa shape index (κ2) is 9.73. The Morgan fingerprint density at radius 1 is 1.06 bits per heavy atom. The van der Waals surface area contributed by atoms with E-state index in [1.807, 2.05) is 13.8 Å². The molecular weight excluding hydrogens is 420 g/mol. The minimum Gasteiger partial charge on any atom is -0.454 e. The van der Waals surface area contributed by atoms with Gasteiger partial charge >= 0.3 is 5.91 Å². The number of halogens is 2. The van der Waals surface area contributed by atoms with Crippen molar-refractivity contribution < 1.29 is 22.8 Å². The second-order valence-electron chi connectivity index (χ2n) is 7.19. The number of nitrogens with zero attached hydrogens (tertiary/aromatic N) is 3. The highest BCUT2D eigenvalue weighted by Gasteiger charge is 2.22. The van der Waals surface area contributed by atoms with Crippen LogP contribution < -0.4 is 10.9 Å². The summed E-state index contributed by atoms with van der Waals surface area (Å²) in [7, 11) is 0. The first-order valence-electron chi connectivity index (χ1n) is 10.2. The van der Waals surface area contributed by atoms with Gasteiger partial charge in [0.15, 0.2) is 11.6 Å². The summed E-state index contributed by atoms with van der Waals surface area (Å²) in [6.07, 6.45) is 0. The van der Waals surface area contributed by atoms with Crippen molar-refractivity contribution in [3.8, 4) is 5.69 Å². The van der Waals surface area contributed by atoms with Crippen LogP contribution >= 0.6 is 0 Å². The second-order valence-corrected chi connectivity index (χ2v) is 7.19. The van der Waals surface area contributed by atoms with Gasteiger partial charge in [0.1, 0.15) is 17.3 Å². The van der Waals surface area contributed by atoms with Crippen LogP contribution in [0.5, 0.6) is 0 Å². The predicted octanol–water partition coefficient (Wildman–Crippen LogP) is 3.28. The number of carbonyl (C=O) groups excluding carboxylic acids is 2. The number of furan rings is 1. The molecule has 32 heavy (non-hydrogen) atoms. The third-order valence-corrected chi connectivity index (χ3v) is 5.11. The predicted molar refractivity (Wildman–Crippen MR) is 113 cm³/mol. The first-order chi connectivity index (χ1) is 15.2. The van der Waals surface area contributed by atoms with Crippen molar-refractivity contribution in [2.24, 2.45) is 0 Å². The molecule has 0 aliphatic heterocycles. The van der Waals surface area contributed by atoms with Gasteiger partial charge < -0.3 is 4.42 Å². The Labute approximate surface area is 184 Å². The molecule has 8 nitrogen and oxygen atoms in total. The van der Waals surface area contributed by atoms with Crippen LogP contribution in [-0.2, 0) is 6.54 Å². The molecule has 2 heterocycles. The number of benzene rings is 1. The molecule has 10 heteroatoms. The van der Waals surface area contributed by atoms with E-state index in [-0.39, 0.29) is 17.0 Å². The van der Waals surface area contributed by atoms with E-state index < -0.39 is 23.4 Å². The highest BCUT2D eigenvalue weighted by Crippen LogP contribution is 2.20. The van der Waals surface area contributed by atoms with E-state index in [2.05, 4.69) is 20.9 Å². The highest BCUT2D eigenvalue weighted by molar-refractivity contribution is 5.99. The summed E-state index contributed by atoms with van der Waals surface area (Å²) in [5, 5.41) is 4.18. The fourth-order valence-corrected chi connectivity index (χ4v) is 3.35. The summed E-state index contributed by atoms with van der Waals surface area (Å²) in [4.78, 5) is 27.2. The maximum absolute atomic E-state index is 14.2. The number of hydrogen-bond donors (Lipinski definition) is 2. The summed E-state index contributed by atoms with van der Waals surface area (Å²) >= 11 is 0. The lowest BCUT2D eigenvalue weighted by atomic mass is 10.2. The Morgan fingerprint density at radius 3 is 2.41 bits per heavy atom. The van der Waals surface area contributed by atoms with Crippen LogP contribution in [0.15, 0.2) is 34.7 Å². The zero-order valence-corrected chi connectivity index (χ0v) is 18.3. The van der Waals surface area contributed by atoms with E-state index in [9.17, 15) is 18.4 Å². The van der Waals surface area contributed by atoms with Crippen molar-refractivity contribution in [2.45, 2.75) is 34.2 Å². The molecule has 0 unspecified atom stereocenters. The topological polar surface area (TPSA) is 92.4 Å². The summed E-state index contributed by atoms with van der Waals surface area (Å²) in [6.45, 7) is 9.49. The van der Waals surface area contributed by atoms with Crippen molar-refractivity contribution >= 4 is 11.8 Å². The van der Waals surface area contributed by atoms with E-state index >= 15 is 0 Å². The van der Waals surface area contributed by atoms with Crippen LogP contribution in [0.2, 0.25) is 0 Å². The molecule has 0 bridgehead atoms. The lowest BCUT2D eigenvalue weighted by Gasteiger charge is -2.15. The molecule has 0 saturated carbocycles. The fraction of sp³-hybridized carbons (Fsp3) is 0.318. The minimum absolute atomic E-state index is 0.00593. The SMILES string of the molecule is CCN(CC)Cc1ccc(C(=O)NNC(=O)c2c(C)nn(-c3ccc(F)cc3F)c2C)o1. The Morgan fingerprint density at radius 2 is 1.75 bits per heavy atom. The molecule has 0 radical (unpaired) electrons. The van der Waals surface area contributed by atoms with Crippen LogP contribution in [0.3, 0.4) is 0 Å². The Balaban J connectivity index is 1.70. The van der Waals surface area contributed by atoms with Gasteiger partial charge in [0.25, 0.3) is 5.91 Å². The third kappa shape index (κ3) is 4.86. The van der Waals surface area contributed by atoms with E-state index in [1.54, 1.807) is 19.9 Å². The largest absolute Gasteiger partial charge is 0.454 e. The van der Waals surface area contributed by atoms with Gasteiger partial charge in [0.05, 0.1) is 23.5 Å². The van der Waals surface area contributed by atoms with Gasteiger partial charge in [0, 0.05) is 6.07 Å². The number of hydrogen-bond acceptors (Lipinski definition) is 5. The molecule has 0 saturated heterocycles. The van der Waals surface area contributed by atoms with Gasteiger partial charge in [0.2, 0.25) is 0 Å².